The van der Waals surface area contributed by atoms with E-state index in [-0.39, 0.29) is 23.2 Å². The number of halogens is 3. The van der Waals surface area contributed by atoms with Gasteiger partial charge >= 0.3 is 6.18 Å². The molecule has 4 saturated carbocycles. The van der Waals surface area contributed by atoms with Gasteiger partial charge in [0.05, 0.1) is 0 Å². The Kier molecular flexibility index (Phi) is 5.67. The second-order valence-corrected chi connectivity index (χ2v) is 12.9. The van der Waals surface area contributed by atoms with E-state index in [2.05, 4.69) is 26.8 Å². The third-order valence-corrected chi connectivity index (χ3v) is 11.4. The van der Waals surface area contributed by atoms with E-state index in [1.807, 2.05) is 0 Å². The minimum absolute atomic E-state index is 0.149. The van der Waals surface area contributed by atoms with Gasteiger partial charge < -0.3 is 5.11 Å². The van der Waals surface area contributed by atoms with E-state index < -0.39 is 17.7 Å². The molecule has 0 aliphatic heterocycles. The Morgan fingerprint density at radius 1 is 1.09 bits per heavy atom. The summed E-state index contributed by atoms with van der Waals surface area (Å²) in [5, 5.41) is 10.5. The van der Waals surface area contributed by atoms with Crippen molar-refractivity contribution in [3.05, 3.63) is 11.6 Å². The van der Waals surface area contributed by atoms with E-state index in [9.17, 15) is 23.1 Å². The summed E-state index contributed by atoms with van der Waals surface area (Å²) in [6.45, 7) is 6.96. The second-order valence-electron chi connectivity index (χ2n) is 12.9. The van der Waals surface area contributed by atoms with Crippen molar-refractivity contribution in [3.63, 3.8) is 0 Å². The molecule has 186 valence electrons. The molecule has 5 heteroatoms. The van der Waals surface area contributed by atoms with Gasteiger partial charge in [0.2, 0.25) is 0 Å². The van der Waals surface area contributed by atoms with Gasteiger partial charge in [-0.05, 0) is 111 Å². The van der Waals surface area contributed by atoms with Crippen LogP contribution < -0.4 is 0 Å². The van der Waals surface area contributed by atoms with Gasteiger partial charge in [-0.2, -0.15) is 13.2 Å². The summed E-state index contributed by atoms with van der Waals surface area (Å²) >= 11 is 0. The van der Waals surface area contributed by atoms with Gasteiger partial charge in [0, 0.05) is 12.8 Å². The van der Waals surface area contributed by atoms with E-state index >= 15 is 0 Å². The predicted molar refractivity (Wildman–Crippen MR) is 122 cm³/mol. The molecule has 2 nitrogen and oxygen atoms in total. The lowest BCUT2D eigenvalue weighted by Gasteiger charge is -2.58. The molecule has 0 amide bonds. The Balaban J connectivity index is 1.30. The van der Waals surface area contributed by atoms with Crippen LogP contribution in [0.1, 0.15) is 97.8 Å². The second kappa shape index (κ2) is 7.83. The highest BCUT2D eigenvalue weighted by molar-refractivity contribution is 5.82. The zero-order valence-corrected chi connectivity index (χ0v) is 20.5. The van der Waals surface area contributed by atoms with Crippen molar-refractivity contribution in [1.82, 2.24) is 0 Å². The van der Waals surface area contributed by atoms with Crippen LogP contribution in [0.25, 0.3) is 0 Å². The Morgan fingerprint density at radius 2 is 1.82 bits per heavy atom. The average Bonchev–Trinajstić information content (AvgIpc) is 3.53. The number of aliphatic hydroxyl groups is 1. The van der Waals surface area contributed by atoms with Crippen LogP contribution in [-0.2, 0) is 4.79 Å². The summed E-state index contributed by atoms with van der Waals surface area (Å²) in [7, 11) is 0. The topological polar surface area (TPSA) is 37.3 Å². The fourth-order valence-electron chi connectivity index (χ4n) is 9.24. The van der Waals surface area contributed by atoms with Crippen molar-refractivity contribution in [3.8, 4) is 0 Å². The van der Waals surface area contributed by atoms with Crippen molar-refractivity contribution < 1.29 is 23.1 Å². The number of allylic oxidation sites excluding steroid dienone is 2. The van der Waals surface area contributed by atoms with Crippen LogP contribution in [-0.4, -0.2) is 22.7 Å². The first-order valence-electron chi connectivity index (χ1n) is 13.4. The van der Waals surface area contributed by atoms with E-state index in [0.717, 1.165) is 25.7 Å². The average molecular weight is 467 g/mol. The molecule has 0 radical (unpaired) electrons. The van der Waals surface area contributed by atoms with Crippen LogP contribution in [0.4, 0.5) is 13.2 Å². The minimum atomic E-state index is -4.53. The first-order valence-corrected chi connectivity index (χ1v) is 13.4. The lowest BCUT2D eigenvalue weighted by atomic mass is 9.47. The zero-order valence-electron chi connectivity index (χ0n) is 20.5. The predicted octanol–water partition coefficient (Wildman–Crippen LogP) is 7.25. The van der Waals surface area contributed by atoms with Crippen LogP contribution in [0, 0.1) is 46.3 Å². The summed E-state index contributed by atoms with van der Waals surface area (Å²) in [6, 6.07) is 0. The molecule has 0 saturated heterocycles. The minimum Gasteiger partial charge on any atom is -0.380 e. The molecule has 5 rings (SSSR count). The third kappa shape index (κ3) is 3.65. The molecule has 5 aliphatic carbocycles. The van der Waals surface area contributed by atoms with Gasteiger partial charge in [0.1, 0.15) is 5.78 Å². The van der Waals surface area contributed by atoms with Gasteiger partial charge in [-0.1, -0.05) is 32.4 Å². The fraction of sp³-hybridized carbons (Fsp3) is 0.893. The number of carbonyl (C=O) groups excluding carboxylic acids is 1. The molecule has 8 atom stereocenters. The van der Waals surface area contributed by atoms with Crippen molar-refractivity contribution >= 4 is 5.78 Å². The van der Waals surface area contributed by atoms with E-state index in [1.165, 1.54) is 18.4 Å². The maximum Gasteiger partial charge on any atom is 0.417 e. The first kappa shape index (κ1) is 23.9. The summed E-state index contributed by atoms with van der Waals surface area (Å²) in [5.41, 5.74) is -0.758. The number of ketones is 1. The maximum absolute atomic E-state index is 13.7. The summed E-state index contributed by atoms with van der Waals surface area (Å²) < 4.78 is 41.0. The molecule has 33 heavy (non-hydrogen) atoms. The summed E-state index contributed by atoms with van der Waals surface area (Å²) in [4.78, 5) is 12.1. The molecular weight excluding hydrogens is 425 g/mol. The molecule has 4 fully saturated rings. The van der Waals surface area contributed by atoms with Crippen LogP contribution in [0.15, 0.2) is 11.6 Å². The normalized spacial score (nSPS) is 43.7. The smallest absolute Gasteiger partial charge is 0.380 e. The largest absolute Gasteiger partial charge is 0.417 e. The quantitative estimate of drug-likeness (QED) is 0.433. The van der Waals surface area contributed by atoms with Gasteiger partial charge in [-0.3, -0.25) is 4.79 Å². The molecule has 1 N–H and O–H groups in total. The molecule has 0 aromatic heterocycles. The number of alkyl halides is 3. The van der Waals surface area contributed by atoms with Crippen LogP contribution in [0.3, 0.4) is 0 Å². The Bertz CT molecular complexity index is 829. The van der Waals surface area contributed by atoms with Crippen molar-refractivity contribution in [2.75, 3.05) is 0 Å². The third-order valence-electron chi connectivity index (χ3n) is 11.4. The van der Waals surface area contributed by atoms with Crippen LogP contribution in [0.2, 0.25) is 0 Å². The van der Waals surface area contributed by atoms with E-state index in [1.54, 1.807) is 0 Å². The van der Waals surface area contributed by atoms with Gasteiger partial charge in [-0.25, -0.2) is 0 Å². The van der Waals surface area contributed by atoms with Crippen LogP contribution >= 0.6 is 0 Å². The first-order chi connectivity index (χ1) is 15.4. The molecule has 0 aromatic rings. The number of hydrogen-bond donors (Lipinski definition) is 1. The van der Waals surface area contributed by atoms with Crippen molar-refractivity contribution in [1.29, 1.82) is 0 Å². The van der Waals surface area contributed by atoms with E-state index in [4.69, 9.17) is 0 Å². The lowest BCUT2D eigenvalue weighted by Crippen LogP contribution is -2.51. The molecule has 5 aliphatic rings. The molecule has 0 spiro atoms. The number of carbonyl (C=O) groups is 1. The standard InChI is InChI=1S/C28H41F3O2/c1-17(10-15-27(33,18-4-5-18)28(29,30)31)22-8-9-23-21-7-6-19-16-20(32)11-13-25(19,2)24(21)12-14-26(22,23)3/h6,17-18,21-24,33H,4-5,7-16H2,1-3H3/t17-,21+,22-,23+,24+,25+,26-,27-/m1/s1. The highest BCUT2D eigenvalue weighted by atomic mass is 19.4. The highest BCUT2D eigenvalue weighted by Crippen LogP contribution is 2.67. The molecule has 0 aromatic carbocycles. The molecule has 0 unspecified atom stereocenters. The molecular formula is C28H41F3O2. The fourth-order valence-corrected chi connectivity index (χ4v) is 9.24. The maximum atomic E-state index is 13.7. The number of fused-ring (bicyclic) bond motifs is 5. The highest BCUT2D eigenvalue weighted by Gasteiger charge is 2.62. The van der Waals surface area contributed by atoms with Crippen LogP contribution in [0.5, 0.6) is 0 Å². The number of rotatable bonds is 5. The Hall–Kier alpha value is -0.840. The SMILES string of the molecule is C[C@H](CC[C@@](O)(C1CC1)C(F)(F)F)[C@H]1CC[C@H]2[C@@H]3CC=C4CC(=O)CC[C@]4(C)[C@H]3CC[C@]12C. The molecule has 0 bridgehead atoms. The van der Waals surface area contributed by atoms with Crippen molar-refractivity contribution in [2.45, 2.75) is 110 Å². The van der Waals surface area contributed by atoms with E-state index in [0.29, 0.717) is 61.6 Å². The molecule has 0 heterocycles. The van der Waals surface area contributed by atoms with Gasteiger partial charge in [0.15, 0.2) is 5.60 Å². The Labute approximate surface area is 196 Å². The van der Waals surface area contributed by atoms with Crippen molar-refractivity contribution in [2.24, 2.45) is 46.3 Å². The zero-order chi connectivity index (χ0) is 23.8. The lowest BCUT2D eigenvalue weighted by molar-refractivity contribution is -0.272. The summed E-state index contributed by atoms with van der Waals surface area (Å²) in [6.07, 6.45) is 7.17. The number of Topliss-reactive ketones (excluding diaryl/α,β-unsaturated/α-hetero) is 1. The van der Waals surface area contributed by atoms with Gasteiger partial charge in [0.25, 0.3) is 0 Å². The monoisotopic (exact) mass is 466 g/mol. The number of hydrogen-bond acceptors (Lipinski definition) is 2. The Morgan fingerprint density at radius 3 is 2.48 bits per heavy atom. The van der Waals surface area contributed by atoms with Gasteiger partial charge in [-0.15, -0.1) is 0 Å². The summed E-state index contributed by atoms with van der Waals surface area (Å²) in [5.74, 6) is 2.33.